The number of unbranched alkanes of at least 4 members (excludes halogenated alkanes) is 19. The fourth-order valence-electron chi connectivity index (χ4n) is 6.35. The van der Waals surface area contributed by atoms with E-state index in [0.29, 0.717) is 12.8 Å². The van der Waals surface area contributed by atoms with Crippen molar-refractivity contribution in [1.82, 2.24) is 0 Å². The molecule has 0 aromatic carbocycles. The molecule has 13 heteroatoms. The summed E-state index contributed by atoms with van der Waals surface area (Å²) in [6.07, 6.45) is 24.4. The Bertz CT molecular complexity index is 1200. The zero-order chi connectivity index (χ0) is 41.3. The van der Waals surface area contributed by atoms with E-state index in [1.54, 1.807) is 0 Å². The average molecular weight is 817 g/mol. The first-order chi connectivity index (χ1) is 27.0. The van der Waals surface area contributed by atoms with Crippen molar-refractivity contribution in [3.8, 4) is 0 Å². The van der Waals surface area contributed by atoms with Crippen LogP contribution in [0.25, 0.3) is 0 Å². The Hall–Kier alpha value is -2.09. The Morgan fingerprint density at radius 3 is 1.68 bits per heavy atom. The van der Waals surface area contributed by atoms with Gasteiger partial charge in [0.2, 0.25) is 0 Å². The highest BCUT2D eigenvalue weighted by atomic mass is 32.2. The van der Waals surface area contributed by atoms with Crippen LogP contribution in [0.3, 0.4) is 0 Å². The summed E-state index contributed by atoms with van der Waals surface area (Å²) < 4.78 is 53.9. The van der Waals surface area contributed by atoms with Crippen LogP contribution in [0, 0.1) is 0 Å². The molecule has 56 heavy (non-hydrogen) atoms. The topological polar surface area (TPSA) is 186 Å². The molecule has 0 aromatic heterocycles. The molecule has 6 atom stereocenters. The van der Waals surface area contributed by atoms with Gasteiger partial charge in [0.05, 0.1) is 6.61 Å². The van der Waals surface area contributed by atoms with E-state index in [2.05, 4.69) is 43.9 Å². The number of aliphatic hydroxyl groups is 3. The summed E-state index contributed by atoms with van der Waals surface area (Å²) >= 11 is 0. The van der Waals surface area contributed by atoms with Crippen molar-refractivity contribution in [2.75, 3.05) is 19.0 Å². The molecule has 0 spiro atoms. The van der Waals surface area contributed by atoms with Crippen molar-refractivity contribution in [1.29, 1.82) is 0 Å². The second-order valence-corrected chi connectivity index (χ2v) is 16.6. The molecule has 1 rings (SSSR count). The van der Waals surface area contributed by atoms with Gasteiger partial charge in [-0.2, -0.15) is 8.42 Å². The van der Waals surface area contributed by atoms with E-state index in [1.807, 2.05) is 0 Å². The first kappa shape index (κ1) is 51.9. The molecule has 0 saturated carbocycles. The second kappa shape index (κ2) is 33.8. The summed E-state index contributed by atoms with van der Waals surface area (Å²) in [5, 5.41) is 30.8. The van der Waals surface area contributed by atoms with Crippen molar-refractivity contribution in [3.05, 3.63) is 30.0 Å². The molecule has 0 aliphatic carbocycles. The lowest BCUT2D eigenvalue weighted by molar-refractivity contribution is -0.297. The molecule has 1 fully saturated rings. The first-order valence-electron chi connectivity index (χ1n) is 21.6. The van der Waals surface area contributed by atoms with E-state index in [-0.39, 0.29) is 19.4 Å². The zero-order valence-electron chi connectivity index (χ0n) is 34.5. The van der Waals surface area contributed by atoms with E-state index in [9.17, 15) is 37.9 Å². The van der Waals surface area contributed by atoms with Crippen LogP contribution in [-0.2, 0) is 38.7 Å². The van der Waals surface area contributed by atoms with Gasteiger partial charge >= 0.3 is 11.9 Å². The lowest BCUT2D eigenvalue weighted by Gasteiger charge is -2.40. The lowest BCUT2D eigenvalue weighted by Crippen LogP contribution is -2.60. The van der Waals surface area contributed by atoms with Crippen LogP contribution in [0.4, 0.5) is 0 Å². The SMILES string of the molecule is CCCCCCCC=C=CCCCCCCCC(=O)O[C@H](COC(=O)CCCCC/C=C/CCCCCCCC)CO[C@H]1O[C@H](CS(=O)(=O)O)[C@@H](O)C(O)C1O. The third kappa shape index (κ3) is 28.3. The van der Waals surface area contributed by atoms with Gasteiger partial charge < -0.3 is 34.3 Å². The van der Waals surface area contributed by atoms with Crippen LogP contribution >= 0.6 is 0 Å². The minimum absolute atomic E-state index is 0.142. The lowest BCUT2D eigenvalue weighted by atomic mass is 10.00. The van der Waals surface area contributed by atoms with Crippen molar-refractivity contribution in [2.45, 2.75) is 211 Å². The molecule has 0 radical (unpaired) electrons. The van der Waals surface area contributed by atoms with Crippen LogP contribution in [0.1, 0.15) is 174 Å². The van der Waals surface area contributed by atoms with E-state index in [0.717, 1.165) is 64.2 Å². The molecule has 0 bridgehead atoms. The van der Waals surface area contributed by atoms with Crippen molar-refractivity contribution >= 4 is 22.1 Å². The summed E-state index contributed by atoms with van der Waals surface area (Å²) in [6, 6.07) is 0. The van der Waals surface area contributed by atoms with Gasteiger partial charge in [0.25, 0.3) is 10.1 Å². The molecule has 1 aliphatic rings. The quantitative estimate of drug-likeness (QED) is 0.0158. The normalized spacial score (nSPS) is 20.4. The minimum Gasteiger partial charge on any atom is -0.462 e. The van der Waals surface area contributed by atoms with Gasteiger partial charge in [0.1, 0.15) is 36.8 Å². The standard InChI is InChI=1S/C43H76O12S/c1-3-5-7-9-11-13-15-17-18-20-22-24-26-28-30-32-39(45)54-36(34-53-43-42(48)41(47)40(46)37(55-43)35-56(49,50)51)33-52-38(44)31-29-27-25-23-21-19-16-14-12-10-8-6-4-2/h15,18-19,21,36-37,40-43,46-48H,3-14,16,20,22-35H2,1-2H3,(H,49,50,51)/b21-19+/t17?,36-,37-,40-,41?,42?,43+/m1/s1. The third-order valence-electron chi connectivity index (χ3n) is 9.78. The molecule has 1 saturated heterocycles. The highest BCUT2D eigenvalue weighted by Gasteiger charge is 2.46. The number of carbonyl (C=O) groups excluding carboxylic acids is 2. The van der Waals surface area contributed by atoms with Gasteiger partial charge in [-0.3, -0.25) is 14.1 Å². The number of carbonyl (C=O) groups is 2. The molecule has 1 heterocycles. The van der Waals surface area contributed by atoms with Gasteiger partial charge in [-0.05, 0) is 76.4 Å². The monoisotopic (exact) mass is 817 g/mol. The van der Waals surface area contributed by atoms with Crippen LogP contribution in [0.15, 0.2) is 30.0 Å². The van der Waals surface area contributed by atoms with E-state index in [4.69, 9.17) is 18.9 Å². The molecule has 0 aromatic rings. The fourth-order valence-corrected chi connectivity index (χ4v) is 7.04. The maximum absolute atomic E-state index is 12.8. The molecule has 1 aliphatic heterocycles. The van der Waals surface area contributed by atoms with E-state index >= 15 is 0 Å². The third-order valence-corrected chi connectivity index (χ3v) is 10.5. The highest BCUT2D eigenvalue weighted by Crippen LogP contribution is 2.24. The molecule has 4 N–H and O–H groups in total. The average Bonchev–Trinajstić information content (AvgIpc) is 3.16. The minimum atomic E-state index is -4.60. The van der Waals surface area contributed by atoms with Crippen LogP contribution in [0.2, 0.25) is 0 Å². The summed E-state index contributed by atoms with van der Waals surface area (Å²) in [7, 11) is -4.60. The first-order valence-corrected chi connectivity index (χ1v) is 23.2. The van der Waals surface area contributed by atoms with Crippen molar-refractivity contribution in [2.24, 2.45) is 0 Å². The molecular formula is C43H76O12S. The molecule has 12 nitrogen and oxygen atoms in total. The van der Waals surface area contributed by atoms with Gasteiger partial charge in [-0.15, -0.1) is 5.73 Å². The molecule has 2 unspecified atom stereocenters. The number of aliphatic hydroxyl groups excluding tert-OH is 3. The maximum Gasteiger partial charge on any atom is 0.306 e. The Balaban J connectivity index is 2.51. The number of ether oxygens (including phenoxy) is 4. The molecule has 326 valence electrons. The van der Waals surface area contributed by atoms with Crippen molar-refractivity contribution in [3.63, 3.8) is 0 Å². The summed E-state index contributed by atoms with van der Waals surface area (Å²) in [5.74, 6) is -2.03. The Morgan fingerprint density at radius 2 is 1.12 bits per heavy atom. The summed E-state index contributed by atoms with van der Waals surface area (Å²) in [4.78, 5) is 25.3. The van der Waals surface area contributed by atoms with Crippen LogP contribution in [0.5, 0.6) is 0 Å². The Labute approximate surface area is 338 Å². The smallest absolute Gasteiger partial charge is 0.306 e. The predicted octanol–water partition coefficient (Wildman–Crippen LogP) is 8.21. The maximum atomic E-state index is 12.8. The fraction of sp³-hybridized carbons (Fsp3) is 0.837. The zero-order valence-corrected chi connectivity index (χ0v) is 35.4. The largest absolute Gasteiger partial charge is 0.462 e. The number of hydrogen-bond acceptors (Lipinski definition) is 11. The number of allylic oxidation sites excluding steroid dienone is 3. The van der Waals surface area contributed by atoms with Gasteiger partial charge in [0.15, 0.2) is 12.4 Å². The number of rotatable bonds is 35. The van der Waals surface area contributed by atoms with Crippen molar-refractivity contribution < 1.29 is 56.8 Å². The molecular weight excluding hydrogens is 741 g/mol. The highest BCUT2D eigenvalue weighted by molar-refractivity contribution is 7.85. The van der Waals surface area contributed by atoms with E-state index < -0.39 is 71.2 Å². The number of hydrogen-bond donors (Lipinski definition) is 4. The predicted molar refractivity (Wildman–Crippen MR) is 218 cm³/mol. The van der Waals surface area contributed by atoms with Gasteiger partial charge in [0, 0.05) is 12.8 Å². The van der Waals surface area contributed by atoms with Crippen LogP contribution in [-0.4, -0.2) is 96.0 Å². The van der Waals surface area contributed by atoms with E-state index in [1.165, 1.54) is 70.6 Å². The Kier molecular flexibility index (Phi) is 31.4. The summed E-state index contributed by atoms with van der Waals surface area (Å²) in [6.45, 7) is 3.69. The molecule has 0 amide bonds. The van der Waals surface area contributed by atoms with Crippen LogP contribution < -0.4 is 0 Å². The Morgan fingerprint density at radius 1 is 0.643 bits per heavy atom. The summed E-state index contributed by atoms with van der Waals surface area (Å²) in [5.41, 5.74) is 3.27. The van der Waals surface area contributed by atoms with Gasteiger partial charge in [-0.1, -0.05) is 109 Å². The van der Waals surface area contributed by atoms with Gasteiger partial charge in [-0.25, -0.2) is 0 Å². The second-order valence-electron chi connectivity index (χ2n) is 15.1. The number of esters is 2.